The Kier molecular flexibility index (Phi) is 9.15. The van der Waals surface area contributed by atoms with Gasteiger partial charge >= 0.3 is 0 Å². The SMILES string of the molecule is C=CC(=O)NC(C)C.C=CC(N)=O. The van der Waals surface area contributed by atoms with Crippen LogP contribution < -0.4 is 11.1 Å². The van der Waals surface area contributed by atoms with Gasteiger partial charge in [-0.15, -0.1) is 0 Å². The molecule has 0 aliphatic rings. The van der Waals surface area contributed by atoms with E-state index in [4.69, 9.17) is 0 Å². The Morgan fingerprint density at radius 2 is 1.69 bits per heavy atom. The van der Waals surface area contributed by atoms with Gasteiger partial charge in [-0.1, -0.05) is 13.2 Å². The fourth-order valence-corrected chi connectivity index (χ4v) is 0.343. The third-order valence-electron chi connectivity index (χ3n) is 0.818. The van der Waals surface area contributed by atoms with Gasteiger partial charge in [0.25, 0.3) is 0 Å². The topological polar surface area (TPSA) is 72.2 Å². The summed E-state index contributed by atoms with van der Waals surface area (Å²) in [5.41, 5.74) is 4.53. The molecule has 0 aromatic rings. The van der Waals surface area contributed by atoms with Crippen molar-refractivity contribution in [3.63, 3.8) is 0 Å². The molecule has 0 aliphatic carbocycles. The maximum Gasteiger partial charge on any atom is 0.243 e. The van der Waals surface area contributed by atoms with Gasteiger partial charge < -0.3 is 11.1 Å². The molecular formula is C9H16N2O2. The number of amides is 2. The molecule has 13 heavy (non-hydrogen) atoms. The average Bonchev–Trinajstić information content (AvgIpc) is 2.04. The highest BCUT2D eigenvalue weighted by Gasteiger charge is 1.93. The van der Waals surface area contributed by atoms with E-state index in [1.165, 1.54) is 6.08 Å². The first-order valence-electron chi connectivity index (χ1n) is 3.78. The van der Waals surface area contributed by atoms with E-state index in [-0.39, 0.29) is 11.9 Å². The number of carbonyl (C=O) groups excluding carboxylic acids is 2. The predicted octanol–water partition coefficient (Wildman–Crippen LogP) is 0.355. The van der Waals surface area contributed by atoms with Crippen molar-refractivity contribution < 1.29 is 9.59 Å². The van der Waals surface area contributed by atoms with Crippen LogP contribution in [0.4, 0.5) is 0 Å². The van der Waals surface area contributed by atoms with Crippen LogP contribution in [-0.2, 0) is 9.59 Å². The minimum Gasteiger partial charge on any atom is -0.366 e. The van der Waals surface area contributed by atoms with E-state index in [0.717, 1.165) is 6.08 Å². The first-order valence-corrected chi connectivity index (χ1v) is 3.78. The van der Waals surface area contributed by atoms with E-state index in [9.17, 15) is 9.59 Å². The first kappa shape index (κ1) is 14.0. The molecule has 0 aromatic heterocycles. The highest BCUT2D eigenvalue weighted by atomic mass is 16.1. The Morgan fingerprint density at radius 3 is 1.77 bits per heavy atom. The smallest absolute Gasteiger partial charge is 0.243 e. The van der Waals surface area contributed by atoms with Gasteiger partial charge in [0.05, 0.1) is 0 Å². The molecule has 0 fully saturated rings. The van der Waals surface area contributed by atoms with Crippen molar-refractivity contribution in [3.8, 4) is 0 Å². The van der Waals surface area contributed by atoms with E-state index < -0.39 is 5.91 Å². The van der Waals surface area contributed by atoms with E-state index in [1.54, 1.807) is 0 Å². The average molecular weight is 184 g/mol. The summed E-state index contributed by atoms with van der Waals surface area (Å²) in [4.78, 5) is 19.9. The van der Waals surface area contributed by atoms with Crippen molar-refractivity contribution in [2.75, 3.05) is 0 Å². The van der Waals surface area contributed by atoms with Crippen molar-refractivity contribution in [1.29, 1.82) is 0 Å². The van der Waals surface area contributed by atoms with E-state index >= 15 is 0 Å². The van der Waals surface area contributed by atoms with Crippen molar-refractivity contribution in [2.45, 2.75) is 19.9 Å². The van der Waals surface area contributed by atoms with Gasteiger partial charge in [-0.3, -0.25) is 9.59 Å². The van der Waals surface area contributed by atoms with Crippen LogP contribution >= 0.6 is 0 Å². The van der Waals surface area contributed by atoms with Gasteiger partial charge in [-0.2, -0.15) is 0 Å². The largest absolute Gasteiger partial charge is 0.366 e. The third kappa shape index (κ3) is 17.9. The first-order chi connectivity index (χ1) is 5.93. The second-order valence-electron chi connectivity index (χ2n) is 2.47. The standard InChI is InChI=1S/C6H11NO.C3H5NO/c1-4-6(8)7-5(2)3;1-2-3(4)5/h4-5H,1H2,2-3H3,(H,7,8);2H,1H2,(H2,4,5). The molecule has 0 bridgehead atoms. The number of nitrogens with one attached hydrogen (secondary N) is 1. The molecular weight excluding hydrogens is 168 g/mol. The number of hydrogen-bond donors (Lipinski definition) is 2. The van der Waals surface area contributed by atoms with Crippen molar-refractivity contribution in [2.24, 2.45) is 5.73 Å². The summed E-state index contributed by atoms with van der Waals surface area (Å²) in [5.74, 6) is -0.593. The van der Waals surface area contributed by atoms with Gasteiger partial charge in [-0.25, -0.2) is 0 Å². The Morgan fingerprint density at radius 1 is 1.31 bits per heavy atom. The molecule has 4 heteroatoms. The molecule has 0 atom stereocenters. The van der Waals surface area contributed by atoms with Crippen LogP contribution in [0.1, 0.15) is 13.8 Å². The summed E-state index contributed by atoms with van der Waals surface area (Å²) < 4.78 is 0. The summed E-state index contributed by atoms with van der Waals surface area (Å²) in [7, 11) is 0. The van der Waals surface area contributed by atoms with Gasteiger partial charge in [-0.05, 0) is 26.0 Å². The maximum absolute atomic E-state index is 10.4. The maximum atomic E-state index is 10.4. The zero-order valence-electron chi connectivity index (χ0n) is 8.04. The zero-order chi connectivity index (χ0) is 10.9. The molecule has 0 saturated carbocycles. The lowest BCUT2D eigenvalue weighted by Gasteiger charge is -2.02. The van der Waals surface area contributed by atoms with Crippen LogP contribution in [0.2, 0.25) is 0 Å². The fourth-order valence-electron chi connectivity index (χ4n) is 0.343. The zero-order valence-corrected chi connectivity index (χ0v) is 8.04. The Bertz CT molecular complexity index is 198. The highest BCUT2D eigenvalue weighted by molar-refractivity contribution is 5.87. The fraction of sp³-hybridized carbons (Fsp3) is 0.333. The van der Waals surface area contributed by atoms with Gasteiger partial charge in [0.1, 0.15) is 0 Å². The molecule has 4 nitrogen and oxygen atoms in total. The number of hydrogen-bond acceptors (Lipinski definition) is 2. The molecule has 0 heterocycles. The normalized spacial score (nSPS) is 7.92. The van der Waals surface area contributed by atoms with E-state index in [2.05, 4.69) is 24.2 Å². The molecule has 0 aromatic carbocycles. The number of primary amides is 1. The highest BCUT2D eigenvalue weighted by Crippen LogP contribution is 1.75. The lowest BCUT2D eigenvalue weighted by molar-refractivity contribution is -0.117. The molecule has 0 spiro atoms. The van der Waals surface area contributed by atoms with Gasteiger partial charge in [0.15, 0.2) is 0 Å². The number of nitrogens with two attached hydrogens (primary N) is 1. The Balaban J connectivity index is 0. The lowest BCUT2D eigenvalue weighted by Crippen LogP contribution is -2.27. The predicted molar refractivity (Wildman–Crippen MR) is 52.9 cm³/mol. The van der Waals surface area contributed by atoms with Crippen molar-refractivity contribution in [3.05, 3.63) is 25.3 Å². The lowest BCUT2D eigenvalue weighted by atomic mass is 10.4. The van der Waals surface area contributed by atoms with Crippen molar-refractivity contribution >= 4 is 11.8 Å². The van der Waals surface area contributed by atoms with Crippen LogP contribution in [0.25, 0.3) is 0 Å². The van der Waals surface area contributed by atoms with Crippen LogP contribution in [0.15, 0.2) is 25.3 Å². The third-order valence-corrected chi connectivity index (χ3v) is 0.818. The summed E-state index contributed by atoms with van der Waals surface area (Å²) in [6, 6.07) is 0.209. The van der Waals surface area contributed by atoms with Gasteiger partial charge in [0, 0.05) is 6.04 Å². The van der Waals surface area contributed by atoms with Crippen LogP contribution in [0.3, 0.4) is 0 Å². The van der Waals surface area contributed by atoms with E-state index in [1.807, 2.05) is 13.8 Å². The molecule has 0 aliphatic heterocycles. The summed E-state index contributed by atoms with van der Waals surface area (Å²) in [6.45, 7) is 10.2. The molecule has 0 saturated heterocycles. The summed E-state index contributed by atoms with van der Waals surface area (Å²) in [6.07, 6.45) is 2.32. The van der Waals surface area contributed by atoms with E-state index in [0.29, 0.717) is 0 Å². The molecule has 74 valence electrons. The number of carbonyl (C=O) groups is 2. The Hall–Kier alpha value is -1.58. The van der Waals surface area contributed by atoms with Crippen molar-refractivity contribution in [1.82, 2.24) is 5.32 Å². The van der Waals surface area contributed by atoms with Gasteiger partial charge in [0.2, 0.25) is 11.8 Å². The summed E-state index contributed by atoms with van der Waals surface area (Å²) in [5, 5.41) is 2.64. The minimum absolute atomic E-state index is 0.111. The molecule has 2 amide bonds. The molecule has 3 N–H and O–H groups in total. The second-order valence-corrected chi connectivity index (χ2v) is 2.47. The molecule has 0 unspecified atom stereocenters. The second kappa shape index (κ2) is 8.52. The molecule has 0 radical (unpaired) electrons. The monoisotopic (exact) mass is 184 g/mol. The Labute approximate surface area is 78.5 Å². The molecule has 0 rings (SSSR count). The number of rotatable bonds is 3. The minimum atomic E-state index is -0.481. The quantitative estimate of drug-likeness (QED) is 0.621. The van der Waals surface area contributed by atoms with Crippen LogP contribution in [-0.4, -0.2) is 17.9 Å². The summed E-state index contributed by atoms with van der Waals surface area (Å²) >= 11 is 0. The van der Waals surface area contributed by atoms with Crippen LogP contribution in [0, 0.1) is 0 Å². The van der Waals surface area contributed by atoms with Crippen LogP contribution in [0.5, 0.6) is 0 Å².